The van der Waals surface area contributed by atoms with Crippen LogP contribution in [0.2, 0.25) is 5.02 Å². The second-order valence-electron chi connectivity index (χ2n) is 7.74. The van der Waals surface area contributed by atoms with E-state index in [1.807, 2.05) is 32.9 Å². The fraction of sp³-hybridized carbons (Fsp3) is 0.381. The van der Waals surface area contributed by atoms with Crippen molar-refractivity contribution in [2.24, 2.45) is 0 Å². The van der Waals surface area contributed by atoms with Crippen molar-refractivity contribution in [3.05, 3.63) is 64.2 Å². The first-order valence-corrected chi connectivity index (χ1v) is 12.1. The Balaban J connectivity index is 1.47. The highest BCUT2D eigenvalue weighted by atomic mass is 35.5. The van der Waals surface area contributed by atoms with Crippen LogP contribution in [-0.2, 0) is 15.8 Å². The first-order valence-electron chi connectivity index (χ1n) is 10.1. The maximum absolute atomic E-state index is 12.9. The minimum Gasteiger partial charge on any atom is -0.354 e. The minimum absolute atomic E-state index is 0.0289. The maximum Gasteiger partial charge on any atom is 0.218 e. The van der Waals surface area contributed by atoms with E-state index in [2.05, 4.69) is 20.0 Å². The molecule has 1 aliphatic heterocycles. The zero-order valence-corrected chi connectivity index (χ0v) is 19.4. The van der Waals surface area contributed by atoms with E-state index in [4.69, 9.17) is 11.6 Å². The summed E-state index contributed by atoms with van der Waals surface area (Å²) in [6.07, 6.45) is 0. The molecule has 0 radical (unpaired) electrons. The van der Waals surface area contributed by atoms with Crippen molar-refractivity contribution in [3.63, 3.8) is 0 Å². The van der Waals surface area contributed by atoms with Crippen LogP contribution in [-0.4, -0.2) is 58.7 Å². The molecule has 8 nitrogen and oxygen atoms in total. The Morgan fingerprint density at radius 1 is 0.935 bits per heavy atom. The third kappa shape index (κ3) is 4.89. The van der Waals surface area contributed by atoms with Gasteiger partial charge in [-0.25, -0.2) is 23.1 Å². The SMILES string of the molecule is Cc1cc(C)n(-c2cc(N3CCN(S(=O)(=O)Cc4ccc(Cl)cc4)CC3)nc(C)n2)n1. The van der Waals surface area contributed by atoms with Crippen LogP contribution in [0, 0.1) is 20.8 Å². The lowest BCUT2D eigenvalue weighted by Crippen LogP contribution is -2.49. The number of sulfonamides is 1. The monoisotopic (exact) mass is 460 g/mol. The third-order valence-corrected chi connectivity index (χ3v) is 7.36. The number of anilines is 1. The van der Waals surface area contributed by atoms with Crippen molar-refractivity contribution in [1.82, 2.24) is 24.1 Å². The lowest BCUT2D eigenvalue weighted by atomic mass is 10.2. The van der Waals surface area contributed by atoms with Crippen molar-refractivity contribution < 1.29 is 8.42 Å². The van der Waals surface area contributed by atoms with E-state index in [1.165, 1.54) is 0 Å². The highest BCUT2D eigenvalue weighted by molar-refractivity contribution is 7.88. The highest BCUT2D eigenvalue weighted by Crippen LogP contribution is 2.21. The Labute approximate surface area is 187 Å². The summed E-state index contributed by atoms with van der Waals surface area (Å²) in [6.45, 7) is 7.73. The van der Waals surface area contributed by atoms with E-state index < -0.39 is 10.0 Å². The number of piperazine rings is 1. The molecule has 164 valence electrons. The predicted octanol–water partition coefficient (Wildman–Crippen LogP) is 2.89. The van der Waals surface area contributed by atoms with Crippen molar-refractivity contribution in [1.29, 1.82) is 0 Å². The van der Waals surface area contributed by atoms with Crippen LogP contribution in [0.5, 0.6) is 0 Å². The topological polar surface area (TPSA) is 84.2 Å². The summed E-state index contributed by atoms with van der Waals surface area (Å²) in [5.74, 6) is 2.12. The zero-order valence-electron chi connectivity index (χ0n) is 17.8. The molecule has 0 N–H and O–H groups in total. The van der Waals surface area contributed by atoms with Gasteiger partial charge < -0.3 is 4.90 Å². The Morgan fingerprint density at radius 3 is 2.19 bits per heavy atom. The second-order valence-corrected chi connectivity index (χ2v) is 10.1. The number of benzene rings is 1. The number of aromatic nitrogens is 4. The van der Waals surface area contributed by atoms with Crippen molar-refractivity contribution >= 4 is 27.4 Å². The number of aryl methyl sites for hydroxylation is 3. The normalized spacial score (nSPS) is 15.4. The average Bonchev–Trinajstić information content (AvgIpc) is 3.07. The Bertz CT molecular complexity index is 1190. The molecule has 0 amide bonds. The molecule has 31 heavy (non-hydrogen) atoms. The summed E-state index contributed by atoms with van der Waals surface area (Å²) in [6, 6.07) is 10.8. The molecule has 1 aliphatic rings. The Morgan fingerprint density at radius 2 is 1.58 bits per heavy atom. The number of nitrogens with zero attached hydrogens (tertiary/aromatic N) is 6. The van der Waals surface area contributed by atoms with Gasteiger partial charge in [0.1, 0.15) is 11.6 Å². The standard InChI is InChI=1S/C21H25ClN6O2S/c1-15-12-16(2)28(25-15)21-13-20(23-17(3)24-21)26-8-10-27(11-9-26)31(29,30)14-18-4-6-19(22)7-5-18/h4-7,12-13H,8-11,14H2,1-3H3. The molecular formula is C21H25ClN6O2S. The molecule has 1 aromatic carbocycles. The van der Waals surface area contributed by atoms with Crippen molar-refractivity contribution in [3.8, 4) is 5.82 Å². The minimum atomic E-state index is -3.40. The van der Waals surface area contributed by atoms with Gasteiger partial charge in [-0.3, -0.25) is 0 Å². The van der Waals surface area contributed by atoms with Crippen LogP contribution in [0.4, 0.5) is 5.82 Å². The van der Waals surface area contributed by atoms with Gasteiger partial charge in [0.2, 0.25) is 10.0 Å². The number of hydrogen-bond acceptors (Lipinski definition) is 6. The molecule has 0 spiro atoms. The molecule has 0 unspecified atom stereocenters. The molecule has 0 atom stereocenters. The van der Waals surface area contributed by atoms with E-state index >= 15 is 0 Å². The summed E-state index contributed by atoms with van der Waals surface area (Å²) in [5.41, 5.74) is 2.65. The maximum atomic E-state index is 12.9. The van der Waals surface area contributed by atoms with Gasteiger partial charge in [0.15, 0.2) is 5.82 Å². The molecule has 0 bridgehead atoms. The van der Waals surface area contributed by atoms with Crippen LogP contribution in [0.25, 0.3) is 5.82 Å². The molecule has 3 heterocycles. The molecule has 10 heteroatoms. The van der Waals surface area contributed by atoms with E-state index in [-0.39, 0.29) is 5.75 Å². The fourth-order valence-electron chi connectivity index (χ4n) is 3.75. The highest BCUT2D eigenvalue weighted by Gasteiger charge is 2.28. The van der Waals surface area contributed by atoms with Gasteiger partial charge in [0.05, 0.1) is 11.4 Å². The van der Waals surface area contributed by atoms with Crippen molar-refractivity contribution in [2.45, 2.75) is 26.5 Å². The van der Waals surface area contributed by atoms with E-state index in [0.717, 1.165) is 22.8 Å². The van der Waals surface area contributed by atoms with Crippen molar-refractivity contribution in [2.75, 3.05) is 31.1 Å². The van der Waals surface area contributed by atoms with Gasteiger partial charge >= 0.3 is 0 Å². The molecule has 0 aliphatic carbocycles. The summed E-state index contributed by atoms with van der Waals surface area (Å²) >= 11 is 5.90. The number of hydrogen-bond donors (Lipinski definition) is 0. The molecule has 2 aromatic heterocycles. The summed E-state index contributed by atoms with van der Waals surface area (Å²) in [4.78, 5) is 11.2. The lowest BCUT2D eigenvalue weighted by molar-refractivity contribution is 0.383. The predicted molar refractivity (Wildman–Crippen MR) is 121 cm³/mol. The van der Waals surface area contributed by atoms with Gasteiger partial charge in [0.25, 0.3) is 0 Å². The molecule has 3 aromatic rings. The van der Waals surface area contributed by atoms with E-state index in [9.17, 15) is 8.42 Å². The van der Waals surface area contributed by atoms with Gasteiger partial charge in [-0.1, -0.05) is 23.7 Å². The van der Waals surface area contributed by atoms with Gasteiger partial charge in [-0.05, 0) is 44.5 Å². The van der Waals surface area contributed by atoms with Crippen LogP contribution in [0.3, 0.4) is 0 Å². The Hall–Kier alpha value is -2.49. The third-order valence-electron chi connectivity index (χ3n) is 5.26. The molecule has 1 fully saturated rings. The quantitative estimate of drug-likeness (QED) is 0.582. The number of rotatable bonds is 5. The fourth-order valence-corrected chi connectivity index (χ4v) is 5.39. The number of halogens is 1. The van der Waals surface area contributed by atoms with Crippen LogP contribution in [0.1, 0.15) is 22.8 Å². The molecular weight excluding hydrogens is 436 g/mol. The van der Waals surface area contributed by atoms with Crippen LogP contribution in [0.15, 0.2) is 36.4 Å². The summed E-state index contributed by atoms with van der Waals surface area (Å²) < 4.78 is 29.1. The average molecular weight is 461 g/mol. The van der Waals surface area contributed by atoms with Gasteiger partial charge in [-0.2, -0.15) is 9.40 Å². The van der Waals surface area contributed by atoms with E-state index in [1.54, 1.807) is 33.3 Å². The first-order chi connectivity index (χ1) is 14.7. The lowest BCUT2D eigenvalue weighted by Gasteiger charge is -2.34. The van der Waals surface area contributed by atoms with E-state index in [0.29, 0.717) is 42.8 Å². The largest absolute Gasteiger partial charge is 0.354 e. The van der Waals surface area contributed by atoms with Crippen LogP contribution >= 0.6 is 11.6 Å². The van der Waals surface area contributed by atoms with Gasteiger partial charge in [0, 0.05) is 43.0 Å². The first kappa shape index (κ1) is 21.7. The second kappa shape index (κ2) is 8.57. The summed E-state index contributed by atoms with van der Waals surface area (Å²) in [7, 11) is -3.40. The van der Waals surface area contributed by atoms with Crippen LogP contribution < -0.4 is 4.90 Å². The Kier molecular flexibility index (Phi) is 6.00. The van der Waals surface area contributed by atoms with Gasteiger partial charge in [-0.15, -0.1) is 0 Å². The molecule has 0 saturated carbocycles. The summed E-state index contributed by atoms with van der Waals surface area (Å²) in [5, 5.41) is 5.10. The molecule has 4 rings (SSSR count). The zero-order chi connectivity index (χ0) is 22.2. The molecule has 1 saturated heterocycles. The smallest absolute Gasteiger partial charge is 0.218 e.